The summed E-state index contributed by atoms with van der Waals surface area (Å²) in [5.41, 5.74) is 1.59. The van der Waals surface area contributed by atoms with Crippen molar-refractivity contribution in [3.63, 3.8) is 0 Å². The highest BCUT2D eigenvalue weighted by Gasteiger charge is 2.37. The number of amides is 3. The fourth-order valence-electron chi connectivity index (χ4n) is 2.61. The molecule has 1 aromatic carbocycles. The molecular weight excluding hydrogens is 296 g/mol. The second-order valence-corrected chi connectivity index (χ2v) is 5.70. The summed E-state index contributed by atoms with van der Waals surface area (Å²) in [6.07, 6.45) is 1.73. The van der Waals surface area contributed by atoms with E-state index in [0.29, 0.717) is 17.7 Å². The van der Waals surface area contributed by atoms with Gasteiger partial charge in [0.15, 0.2) is 0 Å². The van der Waals surface area contributed by atoms with Crippen LogP contribution >= 0.6 is 0 Å². The Morgan fingerprint density at radius 3 is 2.52 bits per heavy atom. The van der Waals surface area contributed by atoms with Crippen LogP contribution in [0.25, 0.3) is 0 Å². The number of aliphatic hydroxyl groups is 1. The summed E-state index contributed by atoms with van der Waals surface area (Å²) in [6.45, 7) is 4.15. The van der Waals surface area contributed by atoms with Gasteiger partial charge in [0.25, 0.3) is 11.8 Å². The number of rotatable bonds is 7. The van der Waals surface area contributed by atoms with Gasteiger partial charge >= 0.3 is 0 Å². The number of aryl methyl sites for hydroxylation is 1. The second kappa shape index (κ2) is 7.37. The lowest BCUT2D eigenvalue weighted by Gasteiger charge is -2.24. The van der Waals surface area contributed by atoms with Gasteiger partial charge in [0, 0.05) is 13.1 Å². The molecule has 0 radical (unpaired) electrons. The van der Waals surface area contributed by atoms with Crippen LogP contribution in [0.15, 0.2) is 18.2 Å². The Morgan fingerprint density at radius 1 is 1.17 bits per heavy atom. The molecule has 1 heterocycles. The highest BCUT2D eigenvalue weighted by Crippen LogP contribution is 2.23. The van der Waals surface area contributed by atoms with Crippen molar-refractivity contribution >= 4 is 17.7 Å². The Hall–Kier alpha value is -2.21. The average Bonchev–Trinajstić information content (AvgIpc) is 2.76. The number of aliphatic hydroxyl groups excluding tert-OH is 1. The van der Waals surface area contributed by atoms with Crippen molar-refractivity contribution in [2.24, 2.45) is 0 Å². The predicted octanol–water partition coefficient (Wildman–Crippen LogP) is 1.21. The number of fused-ring (bicyclic) bond motifs is 1. The number of carbonyl (C=O) groups excluding carboxylic acids is 3. The Bertz CT molecular complexity index is 627. The van der Waals surface area contributed by atoms with Crippen molar-refractivity contribution in [2.75, 3.05) is 26.2 Å². The molecule has 0 spiro atoms. The van der Waals surface area contributed by atoms with Crippen LogP contribution in [0.2, 0.25) is 0 Å². The molecule has 23 heavy (non-hydrogen) atoms. The lowest BCUT2D eigenvalue weighted by molar-refractivity contribution is -0.132. The third kappa shape index (κ3) is 3.59. The lowest BCUT2D eigenvalue weighted by atomic mass is 10.1. The third-order valence-corrected chi connectivity index (χ3v) is 3.92. The Labute approximate surface area is 135 Å². The maximum absolute atomic E-state index is 12.4. The summed E-state index contributed by atoms with van der Waals surface area (Å²) in [7, 11) is 0. The molecule has 0 saturated carbocycles. The molecule has 1 aromatic rings. The quantitative estimate of drug-likeness (QED) is 0.767. The average molecular weight is 318 g/mol. The highest BCUT2D eigenvalue weighted by molar-refractivity contribution is 6.22. The number of carbonyl (C=O) groups is 3. The number of benzene rings is 1. The van der Waals surface area contributed by atoms with Crippen LogP contribution in [-0.4, -0.2) is 58.9 Å². The number of hydrogen-bond donors (Lipinski definition) is 1. The SMILES string of the molecule is CCCCN(CCO)C(=O)CN1C(=O)c2ccc(C)cc2C1=O. The zero-order valence-electron chi connectivity index (χ0n) is 13.5. The minimum absolute atomic E-state index is 0.142. The molecule has 0 atom stereocenters. The van der Waals surface area contributed by atoms with E-state index in [-0.39, 0.29) is 25.6 Å². The van der Waals surface area contributed by atoms with Crippen molar-refractivity contribution < 1.29 is 19.5 Å². The Balaban J connectivity index is 2.12. The molecule has 3 amide bonds. The predicted molar refractivity (Wildman–Crippen MR) is 85.1 cm³/mol. The first-order chi connectivity index (χ1) is 11.0. The van der Waals surface area contributed by atoms with Crippen LogP contribution in [0.3, 0.4) is 0 Å². The number of imide groups is 1. The molecule has 6 nitrogen and oxygen atoms in total. The molecule has 6 heteroatoms. The normalized spacial score (nSPS) is 13.4. The Morgan fingerprint density at radius 2 is 1.87 bits per heavy atom. The topological polar surface area (TPSA) is 77.9 Å². The smallest absolute Gasteiger partial charge is 0.262 e. The third-order valence-electron chi connectivity index (χ3n) is 3.92. The van der Waals surface area contributed by atoms with Crippen molar-refractivity contribution in [2.45, 2.75) is 26.7 Å². The largest absolute Gasteiger partial charge is 0.395 e. The molecule has 0 aliphatic carbocycles. The van der Waals surface area contributed by atoms with Gasteiger partial charge in [-0.15, -0.1) is 0 Å². The fraction of sp³-hybridized carbons (Fsp3) is 0.471. The summed E-state index contributed by atoms with van der Waals surface area (Å²) in [5.74, 6) is -1.18. The molecule has 1 N–H and O–H groups in total. The fourth-order valence-corrected chi connectivity index (χ4v) is 2.61. The van der Waals surface area contributed by atoms with Gasteiger partial charge in [0.05, 0.1) is 17.7 Å². The molecule has 0 saturated heterocycles. The van der Waals surface area contributed by atoms with Crippen LogP contribution in [0.4, 0.5) is 0 Å². The van der Waals surface area contributed by atoms with E-state index in [2.05, 4.69) is 0 Å². The molecule has 1 aliphatic heterocycles. The maximum Gasteiger partial charge on any atom is 0.262 e. The molecule has 0 bridgehead atoms. The van der Waals surface area contributed by atoms with Crippen molar-refractivity contribution in [1.29, 1.82) is 0 Å². The minimum Gasteiger partial charge on any atom is -0.395 e. The summed E-state index contributed by atoms with van der Waals surface area (Å²) in [5, 5.41) is 9.08. The zero-order valence-corrected chi connectivity index (χ0v) is 13.5. The van der Waals surface area contributed by atoms with E-state index in [9.17, 15) is 14.4 Å². The van der Waals surface area contributed by atoms with Gasteiger partial charge in [-0.3, -0.25) is 19.3 Å². The first-order valence-corrected chi connectivity index (χ1v) is 7.85. The number of hydrogen-bond acceptors (Lipinski definition) is 4. The van der Waals surface area contributed by atoms with Crippen LogP contribution in [0.1, 0.15) is 46.0 Å². The van der Waals surface area contributed by atoms with Gasteiger partial charge in [-0.25, -0.2) is 0 Å². The van der Waals surface area contributed by atoms with Gasteiger partial charge in [0.2, 0.25) is 5.91 Å². The molecule has 0 aromatic heterocycles. The van der Waals surface area contributed by atoms with E-state index in [1.807, 2.05) is 13.8 Å². The van der Waals surface area contributed by atoms with Crippen molar-refractivity contribution in [1.82, 2.24) is 9.80 Å². The summed E-state index contributed by atoms with van der Waals surface area (Å²) in [6, 6.07) is 5.06. The standard InChI is InChI=1S/C17H22N2O4/c1-3-4-7-18(8-9-20)15(21)11-19-16(22)13-6-5-12(2)10-14(13)17(19)23/h5-6,10,20H,3-4,7-9,11H2,1-2H3. The maximum atomic E-state index is 12.4. The first kappa shape index (κ1) is 17.1. The summed E-state index contributed by atoms with van der Waals surface area (Å²) >= 11 is 0. The van der Waals surface area contributed by atoms with E-state index >= 15 is 0 Å². The van der Waals surface area contributed by atoms with E-state index < -0.39 is 11.8 Å². The van der Waals surface area contributed by atoms with Crippen LogP contribution in [0, 0.1) is 6.92 Å². The van der Waals surface area contributed by atoms with Gasteiger partial charge in [-0.1, -0.05) is 25.0 Å². The second-order valence-electron chi connectivity index (χ2n) is 5.70. The molecule has 124 valence electrons. The summed E-state index contributed by atoms with van der Waals surface area (Å²) in [4.78, 5) is 39.6. The van der Waals surface area contributed by atoms with Gasteiger partial charge in [-0.05, 0) is 25.5 Å². The minimum atomic E-state index is -0.433. The van der Waals surface area contributed by atoms with E-state index in [1.165, 1.54) is 4.90 Å². The van der Waals surface area contributed by atoms with Crippen LogP contribution in [-0.2, 0) is 4.79 Å². The Kier molecular flexibility index (Phi) is 5.50. The van der Waals surface area contributed by atoms with E-state index in [1.54, 1.807) is 18.2 Å². The van der Waals surface area contributed by atoms with Crippen LogP contribution in [0.5, 0.6) is 0 Å². The van der Waals surface area contributed by atoms with E-state index in [0.717, 1.165) is 23.3 Å². The highest BCUT2D eigenvalue weighted by atomic mass is 16.3. The number of unbranched alkanes of at least 4 members (excludes halogenated alkanes) is 1. The number of nitrogens with zero attached hydrogens (tertiary/aromatic N) is 2. The van der Waals surface area contributed by atoms with Crippen LogP contribution < -0.4 is 0 Å². The van der Waals surface area contributed by atoms with Crippen molar-refractivity contribution in [3.8, 4) is 0 Å². The molecular formula is C17H22N2O4. The van der Waals surface area contributed by atoms with Gasteiger partial charge in [0.1, 0.15) is 6.54 Å². The van der Waals surface area contributed by atoms with E-state index in [4.69, 9.17) is 5.11 Å². The zero-order chi connectivity index (χ0) is 17.0. The summed E-state index contributed by atoms with van der Waals surface area (Å²) < 4.78 is 0. The molecule has 1 aliphatic rings. The van der Waals surface area contributed by atoms with Crippen molar-refractivity contribution in [3.05, 3.63) is 34.9 Å². The van der Waals surface area contributed by atoms with Gasteiger partial charge < -0.3 is 10.0 Å². The molecule has 2 rings (SSSR count). The molecule has 0 fully saturated rings. The monoisotopic (exact) mass is 318 g/mol. The van der Waals surface area contributed by atoms with Gasteiger partial charge in [-0.2, -0.15) is 0 Å². The first-order valence-electron chi connectivity index (χ1n) is 7.85. The molecule has 0 unspecified atom stereocenters. The lowest BCUT2D eigenvalue weighted by Crippen LogP contribution is -2.44.